The third-order valence-corrected chi connectivity index (χ3v) is 4.53. The second-order valence-electron chi connectivity index (χ2n) is 6.47. The van der Waals surface area contributed by atoms with Crippen LogP contribution in [0.5, 0.6) is 11.5 Å². The summed E-state index contributed by atoms with van der Waals surface area (Å²) >= 11 is 6.18. The second-order valence-corrected chi connectivity index (χ2v) is 6.88. The van der Waals surface area contributed by atoms with Crippen LogP contribution < -0.4 is 20.1 Å². The molecule has 0 bridgehead atoms. The summed E-state index contributed by atoms with van der Waals surface area (Å²) in [5.41, 5.74) is 4.81. The summed E-state index contributed by atoms with van der Waals surface area (Å²) in [4.78, 5) is 9.06. The van der Waals surface area contributed by atoms with Crippen molar-refractivity contribution in [1.29, 1.82) is 0 Å². The fourth-order valence-corrected chi connectivity index (χ4v) is 3.01. The molecule has 0 radical (unpaired) electrons. The van der Waals surface area contributed by atoms with Crippen LogP contribution in [0.2, 0.25) is 5.02 Å². The maximum absolute atomic E-state index is 6.18. The summed E-state index contributed by atoms with van der Waals surface area (Å²) < 4.78 is 10.7. The molecule has 7 heteroatoms. The number of aryl methyl sites for hydroxylation is 3. The Bertz CT molecular complexity index is 1010. The lowest BCUT2D eigenvalue weighted by atomic mass is 10.1. The molecule has 3 rings (SSSR count). The van der Waals surface area contributed by atoms with E-state index in [1.54, 1.807) is 26.4 Å². The van der Waals surface area contributed by atoms with Gasteiger partial charge in [0.05, 0.1) is 24.9 Å². The molecule has 28 heavy (non-hydrogen) atoms. The number of methoxy groups -OCH3 is 2. The van der Waals surface area contributed by atoms with Gasteiger partial charge in [0.25, 0.3) is 0 Å². The predicted molar refractivity (Wildman–Crippen MR) is 114 cm³/mol. The highest BCUT2D eigenvalue weighted by Gasteiger charge is 2.12. The van der Waals surface area contributed by atoms with Gasteiger partial charge in [-0.15, -0.1) is 0 Å². The third-order valence-electron chi connectivity index (χ3n) is 4.23. The van der Waals surface area contributed by atoms with Crippen molar-refractivity contribution in [3.8, 4) is 11.5 Å². The first-order chi connectivity index (χ1) is 13.4. The first-order valence-corrected chi connectivity index (χ1v) is 9.16. The number of halogens is 1. The smallest absolute Gasteiger partial charge is 0.229 e. The Hall–Kier alpha value is -2.99. The molecule has 0 saturated carbocycles. The summed E-state index contributed by atoms with van der Waals surface area (Å²) in [5, 5.41) is 7.03. The fourth-order valence-electron chi connectivity index (χ4n) is 2.78. The van der Waals surface area contributed by atoms with E-state index in [1.807, 2.05) is 13.0 Å². The van der Waals surface area contributed by atoms with Crippen molar-refractivity contribution in [1.82, 2.24) is 9.97 Å². The molecule has 0 aliphatic carbocycles. The molecule has 1 heterocycles. The minimum atomic E-state index is 0.440. The lowest BCUT2D eigenvalue weighted by molar-refractivity contribution is 0.405. The lowest BCUT2D eigenvalue weighted by Gasteiger charge is -2.15. The summed E-state index contributed by atoms with van der Waals surface area (Å²) in [7, 11) is 3.14. The van der Waals surface area contributed by atoms with Gasteiger partial charge < -0.3 is 20.1 Å². The minimum Gasteiger partial charge on any atom is -0.495 e. The molecule has 0 atom stereocenters. The van der Waals surface area contributed by atoms with Gasteiger partial charge in [-0.1, -0.05) is 23.7 Å². The number of rotatable bonds is 6. The first-order valence-electron chi connectivity index (χ1n) is 8.78. The molecule has 146 valence electrons. The van der Waals surface area contributed by atoms with Crippen LogP contribution in [0.25, 0.3) is 0 Å². The quantitative estimate of drug-likeness (QED) is 0.566. The van der Waals surface area contributed by atoms with Gasteiger partial charge in [-0.2, -0.15) is 4.98 Å². The molecule has 2 aromatic carbocycles. The molecule has 0 unspecified atom stereocenters. The van der Waals surface area contributed by atoms with E-state index in [2.05, 4.69) is 52.6 Å². The van der Waals surface area contributed by atoms with E-state index in [0.29, 0.717) is 34.0 Å². The van der Waals surface area contributed by atoms with Crippen molar-refractivity contribution in [2.24, 2.45) is 0 Å². The third kappa shape index (κ3) is 4.46. The Morgan fingerprint density at radius 3 is 2.29 bits per heavy atom. The van der Waals surface area contributed by atoms with Gasteiger partial charge >= 0.3 is 0 Å². The van der Waals surface area contributed by atoms with Gasteiger partial charge in [-0.3, -0.25) is 0 Å². The van der Waals surface area contributed by atoms with Crippen molar-refractivity contribution in [3.63, 3.8) is 0 Å². The van der Waals surface area contributed by atoms with Crippen LogP contribution in [-0.2, 0) is 0 Å². The van der Waals surface area contributed by atoms with E-state index in [9.17, 15) is 0 Å². The highest BCUT2D eigenvalue weighted by atomic mass is 35.5. The highest BCUT2D eigenvalue weighted by molar-refractivity contribution is 6.32. The van der Waals surface area contributed by atoms with Gasteiger partial charge in [-0.25, -0.2) is 4.98 Å². The Morgan fingerprint density at radius 1 is 0.821 bits per heavy atom. The van der Waals surface area contributed by atoms with Crippen LogP contribution in [0.1, 0.15) is 16.8 Å². The number of nitrogens with one attached hydrogen (secondary N) is 2. The van der Waals surface area contributed by atoms with E-state index in [1.165, 1.54) is 5.56 Å². The van der Waals surface area contributed by atoms with Crippen molar-refractivity contribution in [2.75, 3.05) is 24.9 Å². The molecule has 1 aromatic heterocycles. The highest BCUT2D eigenvalue weighted by Crippen LogP contribution is 2.37. The SMILES string of the molecule is COc1cc(Nc2nc(C)cc(Nc3cc(C)ccc3C)n2)c(OC)cc1Cl. The van der Waals surface area contributed by atoms with E-state index in [-0.39, 0.29) is 0 Å². The van der Waals surface area contributed by atoms with Crippen LogP contribution in [-0.4, -0.2) is 24.2 Å². The van der Waals surface area contributed by atoms with Crippen LogP contribution in [0, 0.1) is 20.8 Å². The number of hydrogen-bond acceptors (Lipinski definition) is 6. The van der Waals surface area contributed by atoms with Crippen molar-refractivity contribution < 1.29 is 9.47 Å². The summed E-state index contributed by atoms with van der Waals surface area (Å²) in [5.74, 6) is 2.24. The van der Waals surface area contributed by atoms with Gasteiger partial charge in [0.15, 0.2) is 0 Å². The van der Waals surface area contributed by atoms with Gasteiger partial charge in [0, 0.05) is 29.6 Å². The summed E-state index contributed by atoms with van der Waals surface area (Å²) in [6.07, 6.45) is 0. The van der Waals surface area contributed by atoms with Gasteiger partial charge in [-0.05, 0) is 38.0 Å². The van der Waals surface area contributed by atoms with Crippen LogP contribution in [0.4, 0.5) is 23.1 Å². The van der Waals surface area contributed by atoms with Crippen LogP contribution in [0.3, 0.4) is 0 Å². The minimum absolute atomic E-state index is 0.440. The average Bonchev–Trinajstić information content (AvgIpc) is 2.65. The van der Waals surface area contributed by atoms with Gasteiger partial charge in [0.2, 0.25) is 5.95 Å². The van der Waals surface area contributed by atoms with Crippen molar-refractivity contribution in [3.05, 3.63) is 58.2 Å². The Labute approximate surface area is 169 Å². The molecule has 0 fully saturated rings. The Morgan fingerprint density at radius 2 is 1.57 bits per heavy atom. The number of nitrogens with zero attached hydrogens (tertiary/aromatic N) is 2. The average molecular weight is 399 g/mol. The largest absolute Gasteiger partial charge is 0.495 e. The lowest BCUT2D eigenvalue weighted by Crippen LogP contribution is -2.04. The summed E-state index contributed by atoms with van der Waals surface area (Å²) in [6, 6.07) is 11.6. The number of hydrogen-bond donors (Lipinski definition) is 2. The molecular weight excluding hydrogens is 376 g/mol. The van der Waals surface area contributed by atoms with E-state index < -0.39 is 0 Å². The molecular formula is C21H23ClN4O2. The zero-order valence-electron chi connectivity index (χ0n) is 16.6. The fraction of sp³-hybridized carbons (Fsp3) is 0.238. The van der Waals surface area contributed by atoms with Crippen LogP contribution in [0.15, 0.2) is 36.4 Å². The molecule has 6 nitrogen and oxygen atoms in total. The molecule has 0 spiro atoms. The monoisotopic (exact) mass is 398 g/mol. The van der Waals surface area contributed by atoms with Crippen molar-refractivity contribution >= 4 is 34.7 Å². The molecule has 0 aliphatic rings. The van der Waals surface area contributed by atoms with Crippen LogP contribution >= 0.6 is 11.6 Å². The maximum atomic E-state index is 6.18. The normalized spacial score (nSPS) is 10.5. The Kier molecular flexibility index (Phi) is 5.90. The Balaban J connectivity index is 1.93. The zero-order valence-corrected chi connectivity index (χ0v) is 17.3. The second kappa shape index (κ2) is 8.35. The van der Waals surface area contributed by atoms with E-state index in [4.69, 9.17) is 21.1 Å². The molecule has 0 amide bonds. The molecule has 0 saturated heterocycles. The number of aromatic nitrogens is 2. The molecule has 0 aliphatic heterocycles. The zero-order chi connectivity index (χ0) is 20.3. The van der Waals surface area contributed by atoms with E-state index in [0.717, 1.165) is 16.9 Å². The first kappa shape index (κ1) is 19.8. The van der Waals surface area contributed by atoms with Crippen molar-refractivity contribution in [2.45, 2.75) is 20.8 Å². The standard InChI is InChI=1S/C21H23ClN4O2/c1-12-6-7-13(2)16(8-12)24-20-9-14(3)23-21(26-20)25-17-11-18(27-4)15(22)10-19(17)28-5/h6-11H,1-5H3,(H2,23,24,25,26). The number of ether oxygens (including phenoxy) is 2. The number of benzene rings is 2. The van der Waals surface area contributed by atoms with Gasteiger partial charge in [0.1, 0.15) is 17.3 Å². The van der Waals surface area contributed by atoms with E-state index >= 15 is 0 Å². The summed E-state index contributed by atoms with van der Waals surface area (Å²) in [6.45, 7) is 6.03. The predicted octanol–water partition coefficient (Wildman–Crippen LogP) is 5.56. The topological polar surface area (TPSA) is 68.3 Å². The molecule has 2 N–H and O–H groups in total. The molecule has 3 aromatic rings. The number of anilines is 4. The maximum Gasteiger partial charge on any atom is 0.229 e.